The number of ether oxygens (including phenoxy) is 2. The fraction of sp³-hybridized carbons (Fsp3) is 0.0345. The highest BCUT2D eigenvalue weighted by Gasteiger charge is 2.14. The fourth-order valence-electron chi connectivity index (χ4n) is 7.74. The molecule has 11 nitrogen and oxygen atoms in total. The van der Waals surface area contributed by atoms with E-state index in [-0.39, 0.29) is 0 Å². The van der Waals surface area contributed by atoms with Gasteiger partial charge in [0.25, 0.3) is 0 Å². The summed E-state index contributed by atoms with van der Waals surface area (Å²) in [5.74, 6) is 2.39. The molecule has 0 saturated heterocycles. The lowest BCUT2D eigenvalue weighted by atomic mass is 10.0. The van der Waals surface area contributed by atoms with Gasteiger partial charge in [-0.25, -0.2) is 9.97 Å². The molecule has 0 N–H and O–H groups in total. The minimum atomic E-state index is 0.396. The van der Waals surface area contributed by atoms with Gasteiger partial charge in [-0.2, -0.15) is 0 Å². The van der Waals surface area contributed by atoms with Crippen molar-refractivity contribution >= 4 is 0 Å². The van der Waals surface area contributed by atoms with Crippen LogP contribution in [0.3, 0.4) is 0 Å². The second-order valence-electron chi connectivity index (χ2n) is 16.0. The van der Waals surface area contributed by atoms with E-state index in [1.165, 1.54) is 0 Å². The summed E-state index contributed by atoms with van der Waals surface area (Å²) in [5, 5.41) is 8.68. The molecule has 7 heterocycles. The van der Waals surface area contributed by atoms with Gasteiger partial charge >= 0.3 is 0 Å². The van der Waals surface area contributed by atoms with Crippen molar-refractivity contribution in [1.29, 1.82) is 0 Å². The van der Waals surface area contributed by atoms with Crippen LogP contribution in [0.2, 0.25) is 0 Å². The number of rotatable bonds is 14. The molecule has 0 radical (unpaired) electrons. The van der Waals surface area contributed by atoms with Gasteiger partial charge in [-0.1, -0.05) is 72.8 Å². The first-order chi connectivity index (χ1) is 34.1. The van der Waals surface area contributed by atoms with Gasteiger partial charge < -0.3 is 13.9 Å². The second-order valence-corrected chi connectivity index (χ2v) is 16.0. The number of nitrogens with zero attached hydrogens (tertiary/aromatic N) is 8. The number of benzene rings is 4. The summed E-state index contributed by atoms with van der Waals surface area (Å²) in [4.78, 5) is 27.9. The van der Waals surface area contributed by atoms with Crippen molar-refractivity contribution < 1.29 is 13.9 Å². The normalized spacial score (nSPS) is 11.0. The highest BCUT2D eigenvalue weighted by molar-refractivity contribution is 5.76. The van der Waals surface area contributed by atoms with Crippen LogP contribution in [-0.4, -0.2) is 40.1 Å². The molecule has 11 rings (SSSR count). The lowest BCUT2D eigenvalue weighted by Crippen LogP contribution is -1.96. The summed E-state index contributed by atoms with van der Waals surface area (Å²) in [7, 11) is 0. The lowest BCUT2D eigenvalue weighted by Gasteiger charge is -2.11. The molecule has 11 heteroatoms. The Labute approximate surface area is 397 Å². The molecule has 0 atom stereocenters. The quantitative estimate of drug-likeness (QED) is 0.103. The van der Waals surface area contributed by atoms with Crippen molar-refractivity contribution in [3.8, 4) is 102 Å². The number of aromatic nitrogens is 8. The van der Waals surface area contributed by atoms with Crippen molar-refractivity contribution in [1.82, 2.24) is 40.1 Å². The van der Waals surface area contributed by atoms with Crippen LogP contribution in [0.4, 0.5) is 0 Å². The van der Waals surface area contributed by atoms with Gasteiger partial charge in [-0.05, 0) is 155 Å². The molecule has 0 saturated carbocycles. The van der Waals surface area contributed by atoms with Crippen LogP contribution in [0, 0.1) is 0 Å². The summed E-state index contributed by atoms with van der Waals surface area (Å²) in [6.45, 7) is 0.791. The minimum Gasteiger partial charge on any atom is -0.489 e. The van der Waals surface area contributed by atoms with Crippen molar-refractivity contribution in [2.24, 2.45) is 0 Å². The first kappa shape index (κ1) is 42.2. The monoisotopic (exact) mass is 896 g/mol. The van der Waals surface area contributed by atoms with Gasteiger partial charge in [0.2, 0.25) is 11.8 Å². The van der Waals surface area contributed by atoms with E-state index in [0.29, 0.717) is 25.0 Å². The van der Waals surface area contributed by atoms with E-state index in [1.54, 1.807) is 24.8 Å². The maximum Gasteiger partial charge on any atom is 0.248 e. The molecule has 0 fully saturated rings. The molecule has 11 aromatic rings. The lowest BCUT2D eigenvalue weighted by molar-refractivity contribution is 0.306. The Morgan fingerprint density at radius 1 is 0.304 bits per heavy atom. The molecule has 7 aromatic heterocycles. The van der Waals surface area contributed by atoms with Crippen LogP contribution in [-0.2, 0) is 13.2 Å². The Morgan fingerprint density at radius 2 is 0.623 bits per heavy atom. The van der Waals surface area contributed by atoms with Crippen LogP contribution >= 0.6 is 0 Å². The van der Waals surface area contributed by atoms with E-state index >= 15 is 0 Å². The predicted molar refractivity (Wildman–Crippen MR) is 266 cm³/mol. The standard InChI is InChI=1S/C58H40N8O3/c1-5-29-59-49(9-1)53-33-45(34-54(63-53)50-10-2-6-30-60-50)41-21-25-47(26-22-41)67-37-39-13-17-43(18-14-39)57-65-66-58(69-57)44-19-15-40(16-20-44)38-68-48-27-23-42(24-28-48)46-35-55(51-11-3-7-31-61-51)64-56(36-46)52-12-4-8-32-62-52/h1-36H,37-38H2. The largest absolute Gasteiger partial charge is 0.489 e. The van der Waals surface area contributed by atoms with Crippen LogP contribution in [0.5, 0.6) is 11.5 Å². The Morgan fingerprint density at radius 3 is 0.928 bits per heavy atom. The zero-order valence-electron chi connectivity index (χ0n) is 37.0. The molecule has 0 bridgehead atoms. The highest BCUT2D eigenvalue weighted by Crippen LogP contribution is 2.33. The molecular formula is C58H40N8O3. The topological polar surface area (TPSA) is 135 Å². The van der Waals surface area contributed by atoms with Crippen LogP contribution in [0.1, 0.15) is 11.1 Å². The molecule has 330 valence electrons. The molecule has 4 aromatic carbocycles. The van der Waals surface area contributed by atoms with E-state index in [2.05, 4.69) is 78.7 Å². The molecule has 69 heavy (non-hydrogen) atoms. The number of hydrogen-bond acceptors (Lipinski definition) is 11. The predicted octanol–water partition coefficient (Wildman–Crippen LogP) is 12.9. The van der Waals surface area contributed by atoms with Gasteiger partial charge in [-0.3, -0.25) is 19.9 Å². The van der Waals surface area contributed by atoms with Crippen molar-refractivity contribution in [3.05, 3.63) is 230 Å². The molecule has 0 unspecified atom stereocenters. The maximum absolute atomic E-state index is 6.18. The van der Waals surface area contributed by atoms with Gasteiger partial charge in [0.05, 0.1) is 45.6 Å². The Hall–Kier alpha value is -9.48. The van der Waals surface area contributed by atoms with Crippen LogP contribution < -0.4 is 9.47 Å². The van der Waals surface area contributed by atoms with E-state index in [0.717, 1.165) is 102 Å². The van der Waals surface area contributed by atoms with Gasteiger partial charge in [0, 0.05) is 35.9 Å². The summed E-state index contributed by atoms with van der Waals surface area (Å²) >= 11 is 0. The molecule has 0 aliphatic heterocycles. The molecule has 0 amide bonds. The van der Waals surface area contributed by atoms with Gasteiger partial charge in [0.15, 0.2) is 0 Å². The van der Waals surface area contributed by atoms with Gasteiger partial charge in [0.1, 0.15) is 24.7 Å². The van der Waals surface area contributed by atoms with E-state index in [9.17, 15) is 0 Å². The minimum absolute atomic E-state index is 0.396. The summed E-state index contributed by atoms with van der Waals surface area (Å²) in [5.41, 5.74) is 14.0. The Kier molecular flexibility index (Phi) is 11.9. The summed E-state index contributed by atoms with van der Waals surface area (Å²) in [6.07, 6.45) is 7.09. The smallest absolute Gasteiger partial charge is 0.248 e. The van der Waals surface area contributed by atoms with E-state index in [4.69, 9.17) is 23.9 Å². The van der Waals surface area contributed by atoms with E-state index in [1.807, 2.05) is 146 Å². The van der Waals surface area contributed by atoms with Crippen LogP contribution in [0.25, 0.3) is 90.7 Å². The number of hydrogen-bond donors (Lipinski definition) is 0. The fourth-order valence-corrected chi connectivity index (χ4v) is 7.74. The molecule has 0 aliphatic rings. The Balaban J connectivity index is 0.698. The maximum atomic E-state index is 6.18. The average Bonchev–Trinajstić information content (AvgIpc) is 3.94. The third-order valence-electron chi connectivity index (χ3n) is 11.4. The van der Waals surface area contributed by atoms with Crippen molar-refractivity contribution in [2.75, 3.05) is 0 Å². The molecule has 0 spiro atoms. The van der Waals surface area contributed by atoms with Gasteiger partial charge in [-0.15, -0.1) is 10.2 Å². The van der Waals surface area contributed by atoms with Crippen molar-refractivity contribution in [2.45, 2.75) is 13.2 Å². The van der Waals surface area contributed by atoms with Crippen molar-refractivity contribution in [3.63, 3.8) is 0 Å². The second kappa shape index (κ2) is 19.5. The zero-order valence-corrected chi connectivity index (χ0v) is 37.0. The number of pyridine rings is 6. The third-order valence-corrected chi connectivity index (χ3v) is 11.4. The van der Waals surface area contributed by atoms with Crippen LogP contribution in [0.15, 0.2) is 223 Å². The molecule has 0 aliphatic carbocycles. The summed E-state index contributed by atoms with van der Waals surface area (Å²) < 4.78 is 18.5. The average molecular weight is 897 g/mol. The van der Waals surface area contributed by atoms with E-state index < -0.39 is 0 Å². The Bertz CT molecular complexity index is 3100. The first-order valence-electron chi connectivity index (χ1n) is 22.3. The first-order valence-corrected chi connectivity index (χ1v) is 22.3. The summed E-state index contributed by atoms with van der Waals surface area (Å²) in [6, 6.07) is 63.5. The molecular weight excluding hydrogens is 857 g/mol. The zero-order chi connectivity index (χ0) is 46.2. The SMILES string of the molecule is c1ccc(-c2cc(-c3ccc(OCc4ccc(-c5nnc(-c6ccc(COc7ccc(-c8cc(-c9ccccn9)nc(-c9ccccn9)c8)cc7)cc6)o5)cc4)cc3)cc(-c3ccccn3)n2)nc1. The third kappa shape index (κ3) is 9.89. The highest BCUT2D eigenvalue weighted by atomic mass is 16.5.